The Bertz CT molecular complexity index is 543. The molecule has 6 nitrogen and oxygen atoms in total. The van der Waals surface area contributed by atoms with Crippen LogP contribution in [0.5, 0.6) is 5.88 Å². The van der Waals surface area contributed by atoms with E-state index in [0.29, 0.717) is 37.7 Å². The molecule has 2 saturated heterocycles. The van der Waals surface area contributed by atoms with E-state index >= 15 is 0 Å². The van der Waals surface area contributed by atoms with E-state index < -0.39 is 0 Å². The Balaban J connectivity index is 1.50. The summed E-state index contributed by atoms with van der Waals surface area (Å²) in [6.45, 7) is 2.36. The molecule has 2 aliphatic heterocycles. The first kappa shape index (κ1) is 12.9. The Morgan fingerprint density at radius 1 is 1.55 bits per heavy atom. The van der Waals surface area contributed by atoms with Gasteiger partial charge in [0.15, 0.2) is 0 Å². The standard InChI is InChI=1S/C14H15N3O3/c15-6-10-1-3-16-13(5-10)20-12-7-17(8-12)14(18)11-2-4-19-9-11/h1,3,5,11-12H,2,4,7-9H2. The van der Waals surface area contributed by atoms with Gasteiger partial charge in [0.25, 0.3) is 0 Å². The Kier molecular flexibility index (Phi) is 3.52. The fourth-order valence-electron chi connectivity index (χ4n) is 2.39. The number of likely N-dealkylation sites (tertiary alicyclic amines) is 1. The Hall–Kier alpha value is -2.13. The molecule has 0 radical (unpaired) electrons. The molecule has 1 unspecified atom stereocenters. The topological polar surface area (TPSA) is 75.5 Å². The van der Waals surface area contributed by atoms with Gasteiger partial charge in [-0.05, 0) is 12.5 Å². The average Bonchev–Trinajstić information content (AvgIpc) is 2.96. The highest BCUT2D eigenvalue weighted by molar-refractivity contribution is 5.80. The molecule has 1 aromatic heterocycles. The molecule has 6 heteroatoms. The number of carbonyl (C=O) groups excluding carboxylic acids is 1. The van der Waals surface area contributed by atoms with E-state index in [0.717, 1.165) is 6.42 Å². The van der Waals surface area contributed by atoms with Crippen LogP contribution in [0.1, 0.15) is 12.0 Å². The number of aromatic nitrogens is 1. The predicted octanol–water partition coefficient (Wildman–Crippen LogP) is 0.579. The van der Waals surface area contributed by atoms with E-state index in [9.17, 15) is 4.79 Å². The van der Waals surface area contributed by atoms with Crippen molar-refractivity contribution in [2.24, 2.45) is 5.92 Å². The van der Waals surface area contributed by atoms with Gasteiger partial charge >= 0.3 is 0 Å². The van der Waals surface area contributed by atoms with Gasteiger partial charge in [-0.2, -0.15) is 5.26 Å². The highest BCUT2D eigenvalue weighted by atomic mass is 16.5. The molecule has 1 atom stereocenters. The van der Waals surface area contributed by atoms with Gasteiger partial charge in [-0.1, -0.05) is 0 Å². The number of pyridine rings is 1. The lowest BCUT2D eigenvalue weighted by Gasteiger charge is -2.39. The first-order valence-corrected chi connectivity index (χ1v) is 6.65. The second-order valence-electron chi connectivity index (χ2n) is 5.04. The number of amides is 1. The van der Waals surface area contributed by atoms with Gasteiger partial charge < -0.3 is 14.4 Å². The Labute approximate surface area is 116 Å². The lowest BCUT2D eigenvalue weighted by molar-refractivity contribution is -0.144. The molecular weight excluding hydrogens is 258 g/mol. The van der Waals surface area contributed by atoms with Gasteiger partial charge in [-0.3, -0.25) is 4.79 Å². The van der Waals surface area contributed by atoms with Crippen LogP contribution in [-0.2, 0) is 9.53 Å². The lowest BCUT2D eigenvalue weighted by Crippen LogP contribution is -2.57. The molecule has 104 valence electrons. The van der Waals surface area contributed by atoms with Crippen LogP contribution >= 0.6 is 0 Å². The van der Waals surface area contributed by atoms with E-state index in [1.807, 2.05) is 6.07 Å². The predicted molar refractivity (Wildman–Crippen MR) is 68.9 cm³/mol. The highest BCUT2D eigenvalue weighted by Gasteiger charge is 2.37. The first-order chi connectivity index (χ1) is 9.76. The smallest absolute Gasteiger partial charge is 0.228 e. The van der Waals surface area contributed by atoms with Crippen molar-refractivity contribution in [1.29, 1.82) is 5.26 Å². The quantitative estimate of drug-likeness (QED) is 0.805. The molecule has 3 heterocycles. The third-order valence-electron chi connectivity index (χ3n) is 3.59. The van der Waals surface area contributed by atoms with Crippen LogP contribution in [0.3, 0.4) is 0 Å². The molecule has 1 amide bonds. The van der Waals surface area contributed by atoms with Gasteiger partial charge in [0.05, 0.1) is 37.2 Å². The Morgan fingerprint density at radius 2 is 2.40 bits per heavy atom. The van der Waals surface area contributed by atoms with E-state index in [4.69, 9.17) is 14.7 Å². The van der Waals surface area contributed by atoms with Crippen molar-refractivity contribution < 1.29 is 14.3 Å². The van der Waals surface area contributed by atoms with Gasteiger partial charge in [-0.25, -0.2) is 4.98 Å². The molecule has 2 fully saturated rings. The second kappa shape index (κ2) is 5.47. The maximum atomic E-state index is 12.1. The largest absolute Gasteiger partial charge is 0.471 e. The molecule has 0 N–H and O–H groups in total. The number of carbonyl (C=O) groups is 1. The summed E-state index contributed by atoms with van der Waals surface area (Å²) in [7, 11) is 0. The van der Waals surface area contributed by atoms with Crippen molar-refractivity contribution in [3.05, 3.63) is 23.9 Å². The average molecular weight is 273 g/mol. The van der Waals surface area contributed by atoms with E-state index in [-0.39, 0.29) is 17.9 Å². The second-order valence-corrected chi connectivity index (χ2v) is 5.04. The van der Waals surface area contributed by atoms with E-state index in [1.165, 1.54) is 0 Å². The number of ether oxygens (including phenoxy) is 2. The van der Waals surface area contributed by atoms with Crippen molar-refractivity contribution in [2.45, 2.75) is 12.5 Å². The normalized spacial score (nSPS) is 22.1. The molecule has 1 aromatic rings. The van der Waals surface area contributed by atoms with Crippen LogP contribution in [0.4, 0.5) is 0 Å². The van der Waals surface area contributed by atoms with Crippen molar-refractivity contribution in [3.8, 4) is 11.9 Å². The molecule has 0 saturated carbocycles. The summed E-state index contributed by atoms with van der Waals surface area (Å²) in [4.78, 5) is 17.9. The summed E-state index contributed by atoms with van der Waals surface area (Å²) < 4.78 is 10.9. The molecule has 20 heavy (non-hydrogen) atoms. The third kappa shape index (κ3) is 2.58. The third-order valence-corrected chi connectivity index (χ3v) is 3.59. The zero-order valence-corrected chi connectivity index (χ0v) is 11.0. The van der Waals surface area contributed by atoms with E-state index in [1.54, 1.807) is 23.2 Å². The van der Waals surface area contributed by atoms with Gasteiger partial charge in [-0.15, -0.1) is 0 Å². The summed E-state index contributed by atoms with van der Waals surface area (Å²) >= 11 is 0. The van der Waals surface area contributed by atoms with Gasteiger partial charge in [0.2, 0.25) is 11.8 Å². The summed E-state index contributed by atoms with van der Waals surface area (Å²) in [5.74, 6) is 0.599. The van der Waals surface area contributed by atoms with Crippen LogP contribution < -0.4 is 4.74 Å². The van der Waals surface area contributed by atoms with Gasteiger partial charge in [0.1, 0.15) is 6.10 Å². The van der Waals surface area contributed by atoms with Crippen LogP contribution in [0.25, 0.3) is 0 Å². The molecule has 0 aliphatic carbocycles. The van der Waals surface area contributed by atoms with Crippen LogP contribution in [0, 0.1) is 17.2 Å². The zero-order chi connectivity index (χ0) is 13.9. The van der Waals surface area contributed by atoms with Crippen molar-refractivity contribution >= 4 is 5.91 Å². The number of rotatable bonds is 3. The summed E-state index contributed by atoms with van der Waals surface area (Å²) in [5, 5.41) is 8.81. The van der Waals surface area contributed by atoms with Crippen LogP contribution in [-0.4, -0.2) is 48.2 Å². The lowest BCUT2D eigenvalue weighted by atomic mass is 10.0. The minimum atomic E-state index is -0.0392. The first-order valence-electron chi connectivity index (χ1n) is 6.65. The number of nitrogens with zero attached hydrogens (tertiary/aromatic N) is 3. The molecule has 0 bridgehead atoms. The van der Waals surface area contributed by atoms with Crippen molar-refractivity contribution in [2.75, 3.05) is 26.3 Å². The number of nitriles is 1. The molecule has 3 rings (SSSR count). The molecule has 0 aromatic carbocycles. The van der Waals surface area contributed by atoms with Crippen LogP contribution in [0.2, 0.25) is 0 Å². The fourth-order valence-corrected chi connectivity index (χ4v) is 2.39. The summed E-state index contributed by atoms with van der Waals surface area (Å²) in [5.41, 5.74) is 0.519. The SMILES string of the molecule is N#Cc1ccnc(OC2CN(C(=O)C3CCOC3)C2)c1. The maximum Gasteiger partial charge on any atom is 0.228 e. The highest BCUT2D eigenvalue weighted by Crippen LogP contribution is 2.22. The minimum absolute atomic E-state index is 0.0102. The minimum Gasteiger partial charge on any atom is -0.471 e. The van der Waals surface area contributed by atoms with E-state index in [2.05, 4.69) is 4.98 Å². The monoisotopic (exact) mass is 273 g/mol. The summed E-state index contributed by atoms with van der Waals surface area (Å²) in [6.07, 6.45) is 2.32. The van der Waals surface area contributed by atoms with Crippen molar-refractivity contribution in [1.82, 2.24) is 9.88 Å². The van der Waals surface area contributed by atoms with Crippen LogP contribution in [0.15, 0.2) is 18.3 Å². The summed E-state index contributed by atoms with van der Waals surface area (Å²) in [6, 6.07) is 5.28. The Morgan fingerprint density at radius 3 is 3.10 bits per heavy atom. The molecule has 0 spiro atoms. The zero-order valence-electron chi connectivity index (χ0n) is 11.0. The molecular formula is C14H15N3O3. The van der Waals surface area contributed by atoms with Gasteiger partial charge in [0, 0.05) is 18.9 Å². The fraction of sp³-hybridized carbons (Fsp3) is 0.500. The van der Waals surface area contributed by atoms with Crippen molar-refractivity contribution in [3.63, 3.8) is 0 Å². The molecule has 2 aliphatic rings. The maximum absolute atomic E-state index is 12.1. The number of hydrogen-bond acceptors (Lipinski definition) is 5. The number of hydrogen-bond donors (Lipinski definition) is 0.